The summed E-state index contributed by atoms with van der Waals surface area (Å²) in [5.74, 6) is -0.257. The number of carbonyl (C=O) groups is 1. The van der Waals surface area contributed by atoms with E-state index in [2.05, 4.69) is 4.72 Å². The van der Waals surface area contributed by atoms with Crippen molar-refractivity contribution in [1.82, 2.24) is 9.62 Å². The molecule has 24 heavy (non-hydrogen) atoms. The van der Waals surface area contributed by atoms with Crippen LogP contribution in [0.1, 0.15) is 29.6 Å². The zero-order valence-electron chi connectivity index (χ0n) is 13.1. The van der Waals surface area contributed by atoms with E-state index in [0.29, 0.717) is 5.56 Å². The van der Waals surface area contributed by atoms with Gasteiger partial charge in [-0.3, -0.25) is 4.79 Å². The third-order valence-corrected chi connectivity index (χ3v) is 7.66. The molecule has 1 aromatic carbocycles. The maximum absolute atomic E-state index is 12.3. The third-order valence-electron chi connectivity index (χ3n) is 4.36. The molecule has 2 aliphatic rings. The number of sulfone groups is 1. The molecule has 0 saturated carbocycles. The average molecular weight is 372 g/mol. The van der Waals surface area contributed by atoms with Crippen molar-refractivity contribution in [1.29, 1.82) is 0 Å². The van der Waals surface area contributed by atoms with E-state index < -0.39 is 25.9 Å². The SMILES string of the molecule is O=C(c1ccc(S(=O)(=O)NC2CCS(=O)(=O)C2)cc1)N1CCCC1. The maximum Gasteiger partial charge on any atom is 0.253 e. The van der Waals surface area contributed by atoms with Crippen LogP contribution in [-0.2, 0) is 19.9 Å². The lowest BCUT2D eigenvalue weighted by atomic mass is 10.2. The van der Waals surface area contributed by atoms with E-state index in [-0.39, 0.29) is 28.7 Å². The van der Waals surface area contributed by atoms with Crippen LogP contribution in [0.2, 0.25) is 0 Å². The van der Waals surface area contributed by atoms with E-state index in [1.807, 2.05) is 0 Å². The van der Waals surface area contributed by atoms with Crippen molar-refractivity contribution < 1.29 is 21.6 Å². The molecule has 0 bridgehead atoms. The van der Waals surface area contributed by atoms with Crippen molar-refractivity contribution in [3.05, 3.63) is 29.8 Å². The lowest BCUT2D eigenvalue weighted by Gasteiger charge is -2.16. The normalized spacial score (nSPS) is 23.5. The first-order chi connectivity index (χ1) is 11.3. The Labute approximate surface area is 142 Å². The second kappa shape index (κ2) is 6.45. The number of nitrogens with zero attached hydrogens (tertiary/aromatic N) is 1. The molecular formula is C15H20N2O5S2. The van der Waals surface area contributed by atoms with Crippen LogP contribution in [0.4, 0.5) is 0 Å². The van der Waals surface area contributed by atoms with Gasteiger partial charge in [0.25, 0.3) is 5.91 Å². The number of benzene rings is 1. The van der Waals surface area contributed by atoms with Crippen LogP contribution in [0, 0.1) is 0 Å². The molecule has 0 radical (unpaired) electrons. The third kappa shape index (κ3) is 3.79. The lowest BCUT2D eigenvalue weighted by molar-refractivity contribution is 0.0792. The highest BCUT2D eigenvalue weighted by atomic mass is 32.2. The predicted octanol–water partition coefficient (Wildman–Crippen LogP) is 0.388. The minimum Gasteiger partial charge on any atom is -0.339 e. The van der Waals surface area contributed by atoms with Crippen LogP contribution in [0.5, 0.6) is 0 Å². The second-order valence-electron chi connectivity index (χ2n) is 6.24. The quantitative estimate of drug-likeness (QED) is 0.824. The molecule has 1 aromatic rings. The average Bonchev–Trinajstić information content (AvgIpc) is 3.16. The topological polar surface area (TPSA) is 101 Å². The molecule has 0 spiro atoms. The monoisotopic (exact) mass is 372 g/mol. The van der Waals surface area contributed by atoms with Gasteiger partial charge in [0.1, 0.15) is 0 Å². The molecule has 3 rings (SSSR count). The first-order valence-electron chi connectivity index (χ1n) is 7.89. The maximum atomic E-state index is 12.3. The Kier molecular flexibility index (Phi) is 4.67. The zero-order chi connectivity index (χ0) is 17.4. The number of rotatable bonds is 4. The van der Waals surface area contributed by atoms with Crippen molar-refractivity contribution in [2.24, 2.45) is 0 Å². The standard InChI is InChI=1S/C15H20N2O5S2/c18-15(17-8-1-2-9-17)12-3-5-14(6-4-12)24(21,22)16-13-7-10-23(19,20)11-13/h3-6,13,16H,1-2,7-11H2. The number of likely N-dealkylation sites (tertiary alicyclic amines) is 1. The minimum atomic E-state index is -3.79. The summed E-state index contributed by atoms with van der Waals surface area (Å²) in [6.45, 7) is 1.47. The van der Waals surface area contributed by atoms with Crippen LogP contribution in [0.25, 0.3) is 0 Å². The summed E-state index contributed by atoms with van der Waals surface area (Å²) < 4.78 is 50.0. The van der Waals surface area contributed by atoms with Gasteiger partial charge >= 0.3 is 0 Å². The summed E-state index contributed by atoms with van der Waals surface area (Å²) in [5, 5.41) is 0. The highest BCUT2D eigenvalue weighted by molar-refractivity contribution is 7.92. The Morgan fingerprint density at radius 3 is 2.29 bits per heavy atom. The van der Waals surface area contributed by atoms with E-state index >= 15 is 0 Å². The molecule has 2 fully saturated rings. The van der Waals surface area contributed by atoms with Crippen LogP contribution >= 0.6 is 0 Å². The number of nitrogens with one attached hydrogen (secondary N) is 1. The molecule has 0 aromatic heterocycles. The minimum absolute atomic E-state index is 0.00343. The van der Waals surface area contributed by atoms with Gasteiger partial charge in [-0.2, -0.15) is 0 Å². The molecule has 2 aliphatic heterocycles. The molecule has 2 heterocycles. The summed E-state index contributed by atoms with van der Waals surface area (Å²) >= 11 is 0. The molecule has 7 nitrogen and oxygen atoms in total. The molecule has 0 aliphatic carbocycles. The summed E-state index contributed by atoms with van der Waals surface area (Å²) in [7, 11) is -6.95. The van der Waals surface area contributed by atoms with Gasteiger partial charge in [0.2, 0.25) is 10.0 Å². The van der Waals surface area contributed by atoms with E-state index in [9.17, 15) is 21.6 Å². The van der Waals surface area contributed by atoms with Crippen molar-refractivity contribution in [2.45, 2.75) is 30.2 Å². The zero-order valence-corrected chi connectivity index (χ0v) is 14.8. The molecule has 2 saturated heterocycles. The molecule has 1 atom stereocenters. The first-order valence-corrected chi connectivity index (χ1v) is 11.2. The van der Waals surface area contributed by atoms with Gasteiger partial charge in [-0.25, -0.2) is 21.6 Å². The van der Waals surface area contributed by atoms with Crippen LogP contribution in [0.15, 0.2) is 29.2 Å². The molecule has 132 valence electrons. The van der Waals surface area contributed by atoms with Gasteiger partial charge in [-0.15, -0.1) is 0 Å². The van der Waals surface area contributed by atoms with Gasteiger partial charge in [-0.1, -0.05) is 0 Å². The van der Waals surface area contributed by atoms with E-state index in [1.165, 1.54) is 24.3 Å². The van der Waals surface area contributed by atoms with Gasteiger partial charge in [0, 0.05) is 24.7 Å². The summed E-state index contributed by atoms with van der Waals surface area (Å²) in [4.78, 5) is 14.0. The van der Waals surface area contributed by atoms with Crippen molar-refractivity contribution >= 4 is 25.8 Å². The molecular weight excluding hydrogens is 352 g/mol. The number of sulfonamides is 1. The Morgan fingerprint density at radius 2 is 1.75 bits per heavy atom. The number of hydrogen-bond donors (Lipinski definition) is 1. The van der Waals surface area contributed by atoms with Crippen molar-refractivity contribution in [3.8, 4) is 0 Å². The Morgan fingerprint density at radius 1 is 1.12 bits per heavy atom. The molecule has 9 heteroatoms. The van der Waals surface area contributed by atoms with E-state index in [0.717, 1.165) is 25.9 Å². The highest BCUT2D eigenvalue weighted by Gasteiger charge is 2.31. The Bertz CT molecular complexity index is 825. The fourth-order valence-electron chi connectivity index (χ4n) is 3.05. The second-order valence-corrected chi connectivity index (χ2v) is 10.2. The molecule has 1 unspecified atom stereocenters. The fraction of sp³-hybridized carbons (Fsp3) is 0.533. The van der Waals surface area contributed by atoms with Crippen LogP contribution < -0.4 is 4.72 Å². The van der Waals surface area contributed by atoms with Gasteiger partial charge in [0.05, 0.1) is 16.4 Å². The summed E-state index contributed by atoms with van der Waals surface area (Å²) in [5.41, 5.74) is 0.458. The van der Waals surface area contributed by atoms with Crippen LogP contribution in [0.3, 0.4) is 0 Å². The van der Waals surface area contributed by atoms with E-state index in [4.69, 9.17) is 0 Å². The van der Waals surface area contributed by atoms with Gasteiger partial charge in [0.15, 0.2) is 9.84 Å². The predicted molar refractivity (Wildman–Crippen MR) is 89.0 cm³/mol. The van der Waals surface area contributed by atoms with Crippen molar-refractivity contribution in [2.75, 3.05) is 24.6 Å². The van der Waals surface area contributed by atoms with Gasteiger partial charge in [-0.05, 0) is 43.5 Å². The highest BCUT2D eigenvalue weighted by Crippen LogP contribution is 2.18. The summed E-state index contributed by atoms with van der Waals surface area (Å²) in [6.07, 6.45) is 2.27. The number of amides is 1. The molecule has 1 amide bonds. The lowest BCUT2D eigenvalue weighted by Crippen LogP contribution is -2.35. The Balaban J connectivity index is 1.71. The van der Waals surface area contributed by atoms with Crippen molar-refractivity contribution in [3.63, 3.8) is 0 Å². The van der Waals surface area contributed by atoms with E-state index in [1.54, 1.807) is 4.90 Å². The first kappa shape index (κ1) is 17.4. The summed E-state index contributed by atoms with van der Waals surface area (Å²) in [6, 6.07) is 5.18. The fourth-order valence-corrected chi connectivity index (χ4v) is 6.10. The largest absolute Gasteiger partial charge is 0.339 e. The van der Waals surface area contributed by atoms with Crippen LogP contribution in [-0.4, -0.2) is 58.3 Å². The number of carbonyl (C=O) groups excluding carboxylic acids is 1. The number of hydrogen-bond acceptors (Lipinski definition) is 5. The molecule has 1 N–H and O–H groups in total. The van der Waals surface area contributed by atoms with Gasteiger partial charge < -0.3 is 4.90 Å². The smallest absolute Gasteiger partial charge is 0.253 e. The Hall–Kier alpha value is -1.45.